The molecule has 0 aromatic heterocycles. The van der Waals surface area contributed by atoms with Gasteiger partial charge in [0.1, 0.15) is 11.9 Å². The minimum Gasteiger partial charge on any atom is -0.378 e. The third-order valence-corrected chi connectivity index (χ3v) is 3.24. The van der Waals surface area contributed by atoms with Gasteiger partial charge < -0.3 is 10.2 Å². The van der Waals surface area contributed by atoms with Crippen LogP contribution in [0.1, 0.15) is 15.9 Å². The summed E-state index contributed by atoms with van der Waals surface area (Å²) in [4.78, 5) is 14.0. The van der Waals surface area contributed by atoms with Crippen LogP contribution in [-0.2, 0) is 0 Å². The summed E-state index contributed by atoms with van der Waals surface area (Å²) in [5.74, 6) is -0.939. The number of hydrogen-bond donors (Lipinski definition) is 1. The highest BCUT2D eigenvalue weighted by Crippen LogP contribution is 2.16. The molecule has 0 fully saturated rings. The molecule has 0 spiro atoms. The monoisotopic (exact) mass is 308 g/mol. The Morgan fingerprint density at radius 2 is 1.91 bits per heavy atom. The van der Waals surface area contributed by atoms with Gasteiger partial charge in [0.15, 0.2) is 5.78 Å². The zero-order valence-corrected chi connectivity index (χ0v) is 12.9. The summed E-state index contributed by atoms with van der Waals surface area (Å²) in [5, 5.41) is 11.8. The van der Waals surface area contributed by atoms with Crippen molar-refractivity contribution in [2.75, 3.05) is 24.3 Å². The number of rotatable bonds is 5. The van der Waals surface area contributed by atoms with Crippen molar-refractivity contribution in [3.63, 3.8) is 0 Å². The summed E-state index contributed by atoms with van der Waals surface area (Å²) in [7, 11) is 3.92. The Kier molecular flexibility index (Phi) is 5.11. The molecular weight excluding hydrogens is 292 g/mol. The summed E-state index contributed by atoms with van der Waals surface area (Å²) in [6.07, 6.45) is 2.86. The van der Waals surface area contributed by atoms with E-state index in [4.69, 9.17) is 5.26 Å². The molecule has 0 aliphatic rings. The Labute approximate surface area is 134 Å². The van der Waals surface area contributed by atoms with Gasteiger partial charge in [-0.2, -0.15) is 5.26 Å². The molecule has 116 valence electrons. The number of allylic oxidation sites excluding steroid dienone is 1. The lowest BCUT2D eigenvalue weighted by Gasteiger charge is -2.12. The Morgan fingerprint density at radius 3 is 2.52 bits per heavy atom. The zero-order chi connectivity index (χ0) is 16.8. The maximum Gasteiger partial charge on any atom is 0.187 e. The number of halogens is 1. The van der Waals surface area contributed by atoms with Crippen molar-refractivity contribution in [3.8, 4) is 6.07 Å². The van der Waals surface area contributed by atoms with E-state index >= 15 is 0 Å². The van der Waals surface area contributed by atoms with Crippen LogP contribution in [0, 0.1) is 17.1 Å². The Morgan fingerprint density at radius 1 is 1.22 bits per heavy atom. The normalized spacial score (nSPS) is 10.3. The van der Waals surface area contributed by atoms with E-state index in [-0.39, 0.29) is 16.9 Å². The lowest BCUT2D eigenvalue weighted by Crippen LogP contribution is -2.08. The van der Waals surface area contributed by atoms with Crippen molar-refractivity contribution < 1.29 is 9.18 Å². The second kappa shape index (κ2) is 7.23. The predicted octanol–water partition coefficient (Wildman–Crippen LogP) is 3.57. The molecule has 0 radical (unpaired) electrons. The second-order valence-corrected chi connectivity index (χ2v) is 5.09. The molecule has 0 aliphatic heterocycles. The van der Waals surface area contributed by atoms with E-state index in [2.05, 4.69) is 5.32 Å². The topological polar surface area (TPSA) is 56.1 Å². The van der Waals surface area contributed by atoms with E-state index in [0.717, 1.165) is 17.4 Å². The minimum atomic E-state index is -0.632. The fourth-order valence-corrected chi connectivity index (χ4v) is 1.93. The van der Waals surface area contributed by atoms with Crippen LogP contribution in [0.5, 0.6) is 0 Å². The quantitative estimate of drug-likeness (QED) is 0.677. The Bertz CT molecular complexity index is 774. The number of nitriles is 1. The van der Waals surface area contributed by atoms with Gasteiger partial charge in [0.05, 0.1) is 5.56 Å². The molecular formula is C18H16FN3O. The van der Waals surface area contributed by atoms with Crippen LogP contribution in [0.3, 0.4) is 0 Å². The SMILES string of the molecule is CN(C)c1ccc(NC=CC(=O)c2ccc([18F])c(C#N)c2)cc1. The lowest BCUT2D eigenvalue weighted by molar-refractivity contribution is 0.104. The van der Waals surface area contributed by atoms with Gasteiger partial charge in [-0.1, -0.05) is 0 Å². The number of carbonyl (C=O) groups is 1. The predicted molar refractivity (Wildman–Crippen MR) is 89.0 cm³/mol. The average Bonchev–Trinajstić information content (AvgIpc) is 2.55. The van der Waals surface area contributed by atoms with Crippen molar-refractivity contribution in [1.29, 1.82) is 5.26 Å². The highest BCUT2D eigenvalue weighted by molar-refractivity contribution is 6.04. The summed E-state index contributed by atoms with van der Waals surface area (Å²) in [6.45, 7) is 0. The van der Waals surface area contributed by atoms with Gasteiger partial charge in [0.25, 0.3) is 0 Å². The molecule has 4 nitrogen and oxygen atoms in total. The molecule has 2 aromatic rings. The molecule has 0 amide bonds. The fraction of sp³-hybridized carbons (Fsp3) is 0.111. The molecule has 2 aromatic carbocycles. The number of anilines is 2. The number of benzene rings is 2. The first-order chi connectivity index (χ1) is 11.0. The summed E-state index contributed by atoms with van der Waals surface area (Å²) >= 11 is 0. The van der Waals surface area contributed by atoms with E-state index < -0.39 is 5.82 Å². The van der Waals surface area contributed by atoms with Crippen LogP contribution in [-0.4, -0.2) is 19.9 Å². The van der Waals surface area contributed by atoms with Crippen molar-refractivity contribution in [2.45, 2.75) is 0 Å². The highest BCUT2D eigenvalue weighted by atomic mass is 18.2. The van der Waals surface area contributed by atoms with Gasteiger partial charge in [0.2, 0.25) is 0 Å². The molecule has 23 heavy (non-hydrogen) atoms. The third kappa shape index (κ3) is 4.17. The standard InChI is InChI=1S/C18H16FN3O/c1-22(2)16-6-4-15(5-7-16)21-10-9-18(23)13-3-8-17(19)14(11-13)12-20/h3-11,21H,1-2H3/i19-1. The van der Waals surface area contributed by atoms with E-state index in [1.807, 2.05) is 43.3 Å². The first-order valence-corrected chi connectivity index (χ1v) is 6.95. The number of carbonyl (C=O) groups excluding carboxylic acids is 1. The van der Waals surface area contributed by atoms with E-state index in [1.165, 1.54) is 24.4 Å². The third-order valence-electron chi connectivity index (χ3n) is 3.24. The minimum absolute atomic E-state index is 0.142. The molecule has 1 N–H and O–H groups in total. The fourth-order valence-electron chi connectivity index (χ4n) is 1.93. The Balaban J connectivity index is 2.03. The largest absolute Gasteiger partial charge is 0.378 e. The number of nitrogens with zero attached hydrogens (tertiary/aromatic N) is 2. The number of hydrogen-bond acceptors (Lipinski definition) is 4. The van der Waals surface area contributed by atoms with Crippen LogP contribution >= 0.6 is 0 Å². The number of nitrogens with one attached hydrogen (secondary N) is 1. The van der Waals surface area contributed by atoms with Crippen molar-refractivity contribution in [3.05, 3.63) is 71.7 Å². The van der Waals surface area contributed by atoms with Gasteiger partial charge in [-0.15, -0.1) is 0 Å². The molecule has 0 heterocycles. The van der Waals surface area contributed by atoms with Crippen LogP contribution in [0.4, 0.5) is 15.8 Å². The first-order valence-electron chi connectivity index (χ1n) is 6.95. The molecule has 0 unspecified atom stereocenters. The molecule has 5 heteroatoms. The van der Waals surface area contributed by atoms with Crippen molar-refractivity contribution in [2.24, 2.45) is 0 Å². The maximum atomic E-state index is 13.2. The maximum absolute atomic E-state index is 13.2. The summed E-state index contributed by atoms with van der Waals surface area (Å²) in [5.41, 5.74) is 2.04. The van der Waals surface area contributed by atoms with Gasteiger partial charge in [-0.3, -0.25) is 4.79 Å². The van der Waals surface area contributed by atoms with Crippen LogP contribution in [0.15, 0.2) is 54.7 Å². The van der Waals surface area contributed by atoms with Gasteiger partial charge in [0, 0.05) is 43.3 Å². The van der Waals surface area contributed by atoms with Crippen LogP contribution in [0.25, 0.3) is 0 Å². The molecule has 0 aliphatic carbocycles. The molecule has 2 rings (SSSR count). The van der Waals surface area contributed by atoms with Crippen molar-refractivity contribution >= 4 is 17.2 Å². The smallest absolute Gasteiger partial charge is 0.187 e. The first kappa shape index (κ1) is 16.2. The molecule has 0 saturated carbocycles. The van der Waals surface area contributed by atoms with E-state index in [1.54, 1.807) is 6.07 Å². The van der Waals surface area contributed by atoms with E-state index in [0.29, 0.717) is 0 Å². The lowest BCUT2D eigenvalue weighted by atomic mass is 10.1. The van der Waals surface area contributed by atoms with Crippen LogP contribution < -0.4 is 10.2 Å². The van der Waals surface area contributed by atoms with Crippen molar-refractivity contribution in [1.82, 2.24) is 0 Å². The highest BCUT2D eigenvalue weighted by Gasteiger charge is 2.07. The molecule has 0 bridgehead atoms. The second-order valence-electron chi connectivity index (χ2n) is 5.09. The van der Waals surface area contributed by atoms with E-state index in [9.17, 15) is 9.18 Å². The molecule has 0 saturated heterocycles. The molecule has 0 atom stereocenters. The number of ketones is 1. The zero-order valence-electron chi connectivity index (χ0n) is 12.9. The van der Waals surface area contributed by atoms with Gasteiger partial charge >= 0.3 is 0 Å². The summed E-state index contributed by atoms with van der Waals surface area (Å²) in [6, 6.07) is 13.1. The van der Waals surface area contributed by atoms with Crippen LogP contribution in [0.2, 0.25) is 0 Å². The van der Waals surface area contributed by atoms with Gasteiger partial charge in [-0.05, 0) is 42.5 Å². The summed E-state index contributed by atoms with van der Waals surface area (Å²) < 4.78 is 13.2. The average molecular weight is 308 g/mol. The Hall–Kier alpha value is -3.13. The van der Waals surface area contributed by atoms with Gasteiger partial charge in [-0.25, -0.2) is 4.39 Å².